The van der Waals surface area contributed by atoms with Crippen molar-refractivity contribution >= 4 is 37.5 Å². The fraction of sp³-hybridized carbons (Fsp3) is 0.562. The van der Waals surface area contributed by atoms with Crippen molar-refractivity contribution in [3.63, 3.8) is 0 Å². The molecule has 1 fully saturated rings. The van der Waals surface area contributed by atoms with Gasteiger partial charge in [0, 0.05) is 23.5 Å². The third-order valence-electron chi connectivity index (χ3n) is 4.56. The van der Waals surface area contributed by atoms with Gasteiger partial charge in [-0.15, -0.1) is 0 Å². The number of carbonyl (C=O) groups is 1. The largest absolute Gasteiger partial charge is 0.310 e. The summed E-state index contributed by atoms with van der Waals surface area (Å²) >= 11 is 3.40. The highest BCUT2D eigenvalue weighted by atomic mass is 79.9. The van der Waals surface area contributed by atoms with Crippen LogP contribution in [-0.4, -0.2) is 26.9 Å². The van der Waals surface area contributed by atoms with Gasteiger partial charge in [-0.25, -0.2) is 13.1 Å². The Morgan fingerprint density at radius 2 is 2.04 bits per heavy atom. The van der Waals surface area contributed by atoms with Crippen molar-refractivity contribution in [2.75, 3.05) is 11.4 Å². The minimum Gasteiger partial charge on any atom is -0.310 e. The fourth-order valence-electron chi connectivity index (χ4n) is 3.44. The number of sulfonamides is 1. The van der Waals surface area contributed by atoms with Gasteiger partial charge in [0.15, 0.2) is 0 Å². The van der Waals surface area contributed by atoms with Crippen molar-refractivity contribution in [3.8, 4) is 0 Å². The molecule has 126 valence electrons. The predicted molar refractivity (Wildman–Crippen MR) is 93.1 cm³/mol. The number of amides is 1. The summed E-state index contributed by atoms with van der Waals surface area (Å²) in [6, 6.07) is 3.52. The number of rotatable bonds is 4. The van der Waals surface area contributed by atoms with E-state index in [4.69, 9.17) is 0 Å². The normalized spacial score (nSPS) is 18.4. The SMILES string of the molecule is CCC(=O)N1CCc2cc(Br)cc(S(=O)(=O)NC3CCCC3)c21. The number of anilines is 1. The molecule has 0 radical (unpaired) electrons. The van der Waals surface area contributed by atoms with Gasteiger partial charge in [0.2, 0.25) is 15.9 Å². The van der Waals surface area contributed by atoms with E-state index in [9.17, 15) is 13.2 Å². The van der Waals surface area contributed by atoms with Gasteiger partial charge in [-0.2, -0.15) is 0 Å². The third kappa shape index (κ3) is 3.32. The minimum atomic E-state index is -3.64. The molecule has 1 heterocycles. The van der Waals surface area contributed by atoms with Crippen LogP contribution < -0.4 is 9.62 Å². The van der Waals surface area contributed by atoms with E-state index in [1.54, 1.807) is 17.9 Å². The molecule has 1 N–H and O–H groups in total. The first-order valence-electron chi connectivity index (χ1n) is 8.07. The number of carbonyl (C=O) groups excluding carboxylic acids is 1. The van der Waals surface area contributed by atoms with E-state index in [0.717, 1.165) is 35.7 Å². The van der Waals surface area contributed by atoms with Crippen molar-refractivity contribution in [1.29, 1.82) is 0 Å². The topological polar surface area (TPSA) is 66.5 Å². The molecule has 7 heteroatoms. The fourth-order valence-corrected chi connectivity index (χ4v) is 5.68. The van der Waals surface area contributed by atoms with Crippen LogP contribution in [0.4, 0.5) is 5.69 Å². The van der Waals surface area contributed by atoms with Crippen LogP contribution in [-0.2, 0) is 21.2 Å². The molecule has 3 rings (SSSR count). The molecule has 0 bridgehead atoms. The maximum absolute atomic E-state index is 12.9. The summed E-state index contributed by atoms with van der Waals surface area (Å²) in [5, 5.41) is 0. The predicted octanol–water partition coefficient (Wildman–Crippen LogP) is 2.97. The molecule has 5 nitrogen and oxygen atoms in total. The lowest BCUT2D eigenvalue weighted by atomic mass is 10.2. The lowest BCUT2D eigenvalue weighted by Gasteiger charge is -2.21. The zero-order valence-corrected chi connectivity index (χ0v) is 15.5. The molecule has 23 heavy (non-hydrogen) atoms. The van der Waals surface area contributed by atoms with Gasteiger partial charge in [0.25, 0.3) is 0 Å². The lowest BCUT2D eigenvalue weighted by molar-refractivity contribution is -0.118. The number of benzene rings is 1. The smallest absolute Gasteiger partial charge is 0.242 e. The highest BCUT2D eigenvalue weighted by molar-refractivity contribution is 9.10. The van der Waals surface area contributed by atoms with E-state index < -0.39 is 10.0 Å². The molecule has 2 aliphatic rings. The Labute approximate surface area is 145 Å². The molecule has 0 aromatic heterocycles. The van der Waals surface area contributed by atoms with Crippen LogP contribution in [0.3, 0.4) is 0 Å². The van der Waals surface area contributed by atoms with Crippen LogP contribution in [0.2, 0.25) is 0 Å². The minimum absolute atomic E-state index is 0.00589. The number of nitrogens with zero attached hydrogens (tertiary/aromatic N) is 1. The summed E-state index contributed by atoms with van der Waals surface area (Å²) < 4.78 is 29.3. The average molecular weight is 401 g/mol. The summed E-state index contributed by atoms with van der Waals surface area (Å²) in [5.74, 6) is -0.0385. The highest BCUT2D eigenvalue weighted by Gasteiger charge is 2.33. The molecule has 0 spiro atoms. The van der Waals surface area contributed by atoms with E-state index in [0.29, 0.717) is 25.1 Å². The van der Waals surface area contributed by atoms with E-state index in [1.165, 1.54) is 0 Å². The molecule has 1 aliphatic carbocycles. The molecule has 0 atom stereocenters. The van der Waals surface area contributed by atoms with E-state index >= 15 is 0 Å². The second-order valence-electron chi connectivity index (χ2n) is 6.16. The van der Waals surface area contributed by atoms with Crippen molar-refractivity contribution in [1.82, 2.24) is 4.72 Å². The molecule has 1 saturated carbocycles. The van der Waals surface area contributed by atoms with Gasteiger partial charge in [0.1, 0.15) is 4.90 Å². The lowest BCUT2D eigenvalue weighted by Crippen LogP contribution is -2.35. The maximum atomic E-state index is 12.9. The maximum Gasteiger partial charge on any atom is 0.242 e. The van der Waals surface area contributed by atoms with E-state index in [1.807, 2.05) is 6.07 Å². The summed E-state index contributed by atoms with van der Waals surface area (Å²) in [4.78, 5) is 14.0. The Hall–Kier alpha value is -0.920. The van der Waals surface area contributed by atoms with Crippen LogP contribution in [0, 0.1) is 0 Å². The van der Waals surface area contributed by atoms with Crippen LogP contribution in [0.1, 0.15) is 44.6 Å². The van der Waals surface area contributed by atoms with E-state index in [-0.39, 0.29) is 16.8 Å². The van der Waals surface area contributed by atoms with E-state index in [2.05, 4.69) is 20.7 Å². The Balaban J connectivity index is 2.03. The molecular formula is C16H21BrN2O3S. The first-order valence-corrected chi connectivity index (χ1v) is 10.3. The van der Waals surface area contributed by atoms with Crippen LogP contribution in [0.25, 0.3) is 0 Å². The quantitative estimate of drug-likeness (QED) is 0.844. The number of hydrogen-bond donors (Lipinski definition) is 1. The second-order valence-corrected chi connectivity index (χ2v) is 8.76. The van der Waals surface area contributed by atoms with Crippen LogP contribution >= 0.6 is 15.9 Å². The summed E-state index contributed by atoms with van der Waals surface area (Å²) in [7, 11) is -3.64. The monoisotopic (exact) mass is 400 g/mol. The molecule has 0 unspecified atom stereocenters. The zero-order valence-electron chi connectivity index (χ0n) is 13.1. The summed E-state index contributed by atoms with van der Waals surface area (Å²) in [6.07, 6.45) is 4.94. The Bertz CT molecular complexity index is 727. The molecule has 1 aromatic carbocycles. The number of nitrogens with one attached hydrogen (secondary N) is 1. The molecule has 1 aromatic rings. The first-order chi connectivity index (χ1) is 10.9. The van der Waals surface area contributed by atoms with Gasteiger partial charge < -0.3 is 4.90 Å². The van der Waals surface area contributed by atoms with Gasteiger partial charge in [0.05, 0.1) is 5.69 Å². The van der Waals surface area contributed by atoms with Crippen molar-refractivity contribution in [2.24, 2.45) is 0 Å². The second kappa shape index (κ2) is 6.53. The van der Waals surface area contributed by atoms with Gasteiger partial charge in [-0.05, 0) is 37.0 Å². The Morgan fingerprint density at radius 3 is 2.70 bits per heavy atom. The standard InChI is InChI=1S/C16H21BrN2O3S/c1-2-15(20)19-8-7-11-9-12(17)10-14(16(11)19)23(21,22)18-13-5-3-4-6-13/h9-10,13,18H,2-8H2,1H3. The Morgan fingerprint density at radius 1 is 1.35 bits per heavy atom. The van der Waals surface area contributed by atoms with Crippen LogP contribution in [0.5, 0.6) is 0 Å². The molecular weight excluding hydrogens is 380 g/mol. The van der Waals surface area contributed by atoms with Gasteiger partial charge in [-0.1, -0.05) is 35.7 Å². The highest BCUT2D eigenvalue weighted by Crippen LogP contribution is 2.38. The molecule has 1 aliphatic heterocycles. The summed E-state index contributed by atoms with van der Waals surface area (Å²) in [6.45, 7) is 2.34. The number of hydrogen-bond acceptors (Lipinski definition) is 3. The van der Waals surface area contributed by atoms with Crippen LogP contribution in [0.15, 0.2) is 21.5 Å². The third-order valence-corrected chi connectivity index (χ3v) is 6.56. The molecule has 0 saturated heterocycles. The number of halogens is 1. The Kier molecular flexibility index (Phi) is 4.80. The van der Waals surface area contributed by atoms with Gasteiger partial charge in [-0.3, -0.25) is 4.79 Å². The average Bonchev–Trinajstić information content (AvgIpc) is 3.14. The number of fused-ring (bicyclic) bond motifs is 1. The zero-order chi connectivity index (χ0) is 16.6. The van der Waals surface area contributed by atoms with Crippen molar-refractivity contribution in [2.45, 2.75) is 56.4 Å². The molecule has 1 amide bonds. The van der Waals surface area contributed by atoms with Gasteiger partial charge >= 0.3 is 0 Å². The summed E-state index contributed by atoms with van der Waals surface area (Å²) in [5.41, 5.74) is 1.47. The first kappa shape index (κ1) is 16.9. The van der Waals surface area contributed by atoms with Crippen molar-refractivity contribution < 1.29 is 13.2 Å². The van der Waals surface area contributed by atoms with Crippen molar-refractivity contribution in [3.05, 3.63) is 22.2 Å².